The lowest BCUT2D eigenvalue weighted by Gasteiger charge is -2.06. The molecule has 0 aliphatic heterocycles. The van der Waals surface area contributed by atoms with Gasteiger partial charge in [-0.2, -0.15) is 0 Å². The number of benzene rings is 3. The minimum Gasteiger partial charge on any atom is -0.488 e. The van der Waals surface area contributed by atoms with Gasteiger partial charge in [0.1, 0.15) is 0 Å². The lowest BCUT2D eigenvalue weighted by molar-refractivity contribution is 0.371. The van der Waals surface area contributed by atoms with Crippen LogP contribution in [-0.2, 0) is 4.74 Å². The van der Waals surface area contributed by atoms with Crippen molar-refractivity contribution in [2.24, 2.45) is 0 Å². The Bertz CT molecular complexity index is 922. The maximum absolute atomic E-state index is 5.51. The molecule has 0 aliphatic carbocycles. The standard InChI is InChI=1S/C24H20O/c1-19-13-15-21(16-14-19)23(20-9-5-3-6-10-20)17-18-24(25-2)22-11-7-4-8-12-22/h3-16H,1-2H3. The topological polar surface area (TPSA) is 9.23 Å². The number of rotatable bonds is 4. The normalized spacial score (nSPS) is 9.68. The van der Waals surface area contributed by atoms with Crippen molar-refractivity contribution in [1.82, 2.24) is 0 Å². The van der Waals surface area contributed by atoms with Crippen LogP contribution in [0.15, 0.2) is 96.4 Å². The van der Waals surface area contributed by atoms with E-state index in [1.165, 1.54) is 5.56 Å². The van der Waals surface area contributed by atoms with Gasteiger partial charge in [-0.3, -0.25) is 0 Å². The van der Waals surface area contributed by atoms with Crippen molar-refractivity contribution in [2.45, 2.75) is 6.92 Å². The molecular weight excluding hydrogens is 304 g/mol. The van der Waals surface area contributed by atoms with Gasteiger partial charge in [-0.05, 0) is 23.8 Å². The molecule has 0 heterocycles. The molecular formula is C24H20O. The molecule has 3 rings (SSSR count). The predicted molar refractivity (Wildman–Crippen MR) is 104 cm³/mol. The molecule has 3 aromatic carbocycles. The lowest BCUT2D eigenvalue weighted by atomic mass is 9.98. The first kappa shape index (κ1) is 16.6. The molecule has 0 aromatic heterocycles. The highest BCUT2D eigenvalue weighted by molar-refractivity contribution is 5.79. The fourth-order valence-electron chi connectivity index (χ4n) is 2.59. The summed E-state index contributed by atoms with van der Waals surface area (Å²) in [6.45, 7) is 2.09. The molecule has 0 N–H and O–H groups in total. The van der Waals surface area contributed by atoms with Gasteiger partial charge in [-0.15, -0.1) is 0 Å². The minimum atomic E-state index is 0.668. The molecule has 1 heteroatoms. The van der Waals surface area contributed by atoms with E-state index < -0.39 is 0 Å². The van der Waals surface area contributed by atoms with E-state index in [0.717, 1.165) is 22.3 Å². The summed E-state index contributed by atoms with van der Waals surface area (Å²) < 4.78 is 5.51. The van der Waals surface area contributed by atoms with Crippen LogP contribution in [0, 0.1) is 6.92 Å². The van der Waals surface area contributed by atoms with E-state index in [9.17, 15) is 0 Å². The Morgan fingerprint density at radius 3 is 1.72 bits per heavy atom. The third-order valence-electron chi connectivity index (χ3n) is 3.94. The second-order valence-corrected chi connectivity index (χ2v) is 5.76. The first-order chi connectivity index (χ1) is 12.3. The molecule has 1 nitrogen and oxygen atoms in total. The van der Waals surface area contributed by atoms with Crippen LogP contribution < -0.4 is 0 Å². The highest BCUT2D eigenvalue weighted by Crippen LogP contribution is 2.23. The zero-order chi connectivity index (χ0) is 17.5. The second kappa shape index (κ2) is 8.04. The van der Waals surface area contributed by atoms with Crippen molar-refractivity contribution in [2.75, 3.05) is 7.11 Å². The van der Waals surface area contributed by atoms with Gasteiger partial charge in [0.25, 0.3) is 0 Å². The summed E-state index contributed by atoms with van der Waals surface area (Å²) in [6.07, 6.45) is 0. The lowest BCUT2D eigenvalue weighted by Crippen LogP contribution is -1.87. The number of hydrogen-bond acceptors (Lipinski definition) is 1. The van der Waals surface area contributed by atoms with Gasteiger partial charge in [0.15, 0.2) is 5.76 Å². The van der Waals surface area contributed by atoms with Gasteiger partial charge in [0, 0.05) is 11.1 Å². The van der Waals surface area contributed by atoms with Crippen LogP contribution in [-0.4, -0.2) is 7.11 Å². The average Bonchev–Trinajstić information content (AvgIpc) is 2.68. The maximum atomic E-state index is 5.51. The van der Waals surface area contributed by atoms with Gasteiger partial charge in [0.2, 0.25) is 0 Å². The van der Waals surface area contributed by atoms with Gasteiger partial charge in [-0.1, -0.05) is 96.2 Å². The van der Waals surface area contributed by atoms with Crippen LogP contribution in [0.5, 0.6) is 0 Å². The molecule has 0 amide bonds. The summed E-state index contributed by atoms with van der Waals surface area (Å²) in [6, 6.07) is 28.6. The average molecular weight is 324 g/mol. The molecule has 0 saturated heterocycles. The molecule has 0 unspecified atom stereocenters. The van der Waals surface area contributed by atoms with E-state index in [-0.39, 0.29) is 0 Å². The largest absolute Gasteiger partial charge is 0.488 e. The van der Waals surface area contributed by atoms with Crippen LogP contribution in [0.3, 0.4) is 0 Å². The van der Waals surface area contributed by atoms with Gasteiger partial charge in [0.05, 0.1) is 7.11 Å². The van der Waals surface area contributed by atoms with Crippen molar-refractivity contribution < 1.29 is 4.74 Å². The molecule has 3 aromatic rings. The monoisotopic (exact) mass is 324 g/mol. The summed E-state index contributed by atoms with van der Waals surface area (Å²) in [7, 11) is 1.66. The number of methoxy groups -OCH3 is 1. The van der Waals surface area contributed by atoms with Crippen molar-refractivity contribution >= 4 is 11.3 Å². The Morgan fingerprint density at radius 2 is 1.16 bits per heavy atom. The minimum absolute atomic E-state index is 0.668. The molecule has 0 radical (unpaired) electrons. The summed E-state index contributed by atoms with van der Waals surface area (Å²) in [5.74, 6) is 0.668. The van der Waals surface area contributed by atoms with Crippen molar-refractivity contribution in [3.63, 3.8) is 0 Å². The van der Waals surface area contributed by atoms with Crippen LogP contribution in [0.2, 0.25) is 0 Å². The summed E-state index contributed by atoms with van der Waals surface area (Å²) in [5, 5.41) is 0. The SMILES string of the molecule is COC(=C=C=C(c1ccccc1)c1ccc(C)cc1)c1ccccc1. The molecule has 0 saturated carbocycles. The Kier molecular flexibility index (Phi) is 5.34. The Hall–Kier alpha value is -3.24. The maximum Gasteiger partial charge on any atom is 0.177 e. The van der Waals surface area contributed by atoms with E-state index in [2.05, 4.69) is 54.8 Å². The van der Waals surface area contributed by atoms with Crippen LogP contribution >= 0.6 is 0 Å². The Morgan fingerprint density at radius 1 is 0.640 bits per heavy atom. The van der Waals surface area contributed by atoms with Gasteiger partial charge >= 0.3 is 0 Å². The first-order valence-electron chi connectivity index (χ1n) is 8.26. The molecule has 122 valence electrons. The molecule has 25 heavy (non-hydrogen) atoms. The quantitative estimate of drug-likeness (QED) is 0.431. The van der Waals surface area contributed by atoms with Crippen LogP contribution in [0.4, 0.5) is 0 Å². The molecule has 0 fully saturated rings. The molecule has 0 spiro atoms. The van der Waals surface area contributed by atoms with Crippen molar-refractivity contribution in [3.05, 3.63) is 119 Å². The number of aryl methyl sites for hydroxylation is 1. The zero-order valence-corrected chi connectivity index (χ0v) is 14.5. The fraction of sp³-hybridized carbons (Fsp3) is 0.0833. The predicted octanol–water partition coefficient (Wildman–Crippen LogP) is 5.87. The number of hydrogen-bond donors (Lipinski definition) is 0. The summed E-state index contributed by atoms with van der Waals surface area (Å²) in [5.41, 5.74) is 11.9. The van der Waals surface area contributed by atoms with E-state index in [1.807, 2.05) is 48.5 Å². The zero-order valence-electron chi connectivity index (χ0n) is 14.5. The molecule has 0 aliphatic rings. The van der Waals surface area contributed by atoms with Crippen molar-refractivity contribution in [3.8, 4) is 0 Å². The highest BCUT2D eigenvalue weighted by Gasteiger charge is 2.04. The smallest absolute Gasteiger partial charge is 0.177 e. The Balaban J connectivity index is 2.21. The second-order valence-electron chi connectivity index (χ2n) is 5.76. The van der Waals surface area contributed by atoms with Gasteiger partial charge in [-0.25, -0.2) is 0 Å². The van der Waals surface area contributed by atoms with E-state index in [1.54, 1.807) is 7.11 Å². The highest BCUT2D eigenvalue weighted by atomic mass is 16.5. The summed E-state index contributed by atoms with van der Waals surface area (Å²) in [4.78, 5) is 0. The third kappa shape index (κ3) is 4.19. The van der Waals surface area contributed by atoms with Crippen LogP contribution in [0.1, 0.15) is 22.3 Å². The van der Waals surface area contributed by atoms with E-state index >= 15 is 0 Å². The van der Waals surface area contributed by atoms with Crippen molar-refractivity contribution in [1.29, 1.82) is 0 Å². The van der Waals surface area contributed by atoms with E-state index in [0.29, 0.717) is 5.76 Å². The van der Waals surface area contributed by atoms with Crippen LogP contribution in [0.25, 0.3) is 11.3 Å². The first-order valence-corrected chi connectivity index (χ1v) is 8.26. The fourth-order valence-corrected chi connectivity index (χ4v) is 2.59. The molecule has 0 bridgehead atoms. The van der Waals surface area contributed by atoms with Gasteiger partial charge < -0.3 is 4.74 Å². The van der Waals surface area contributed by atoms with E-state index in [4.69, 9.17) is 4.74 Å². The summed E-state index contributed by atoms with van der Waals surface area (Å²) >= 11 is 0. The Labute approximate surface area is 149 Å². The third-order valence-corrected chi connectivity index (χ3v) is 3.94. The number of ether oxygens (including phenoxy) is 1. The molecule has 0 atom stereocenters.